The molecular weight excluding hydrogens is 909 g/mol. The Labute approximate surface area is 399 Å². The molecular formula is C43H96N4O14Si4. The summed E-state index contributed by atoms with van der Waals surface area (Å²) in [5.41, 5.74) is 0. The van der Waals surface area contributed by atoms with E-state index in [1.807, 2.05) is 92.9 Å². The van der Waals surface area contributed by atoms with Crippen molar-refractivity contribution in [2.24, 2.45) is 0 Å². The summed E-state index contributed by atoms with van der Waals surface area (Å²) < 4.78 is 73.0. The van der Waals surface area contributed by atoms with Gasteiger partial charge in [-0.1, -0.05) is 12.8 Å². The van der Waals surface area contributed by atoms with E-state index in [0.29, 0.717) is 162 Å². The molecule has 65 heavy (non-hydrogen) atoms. The number of unbranched alkanes of at least 4 members (excludes halogenated alkanes) is 3. The summed E-state index contributed by atoms with van der Waals surface area (Å²) in [6.45, 7) is 32.3. The number of hydrogen-bond donors (Lipinski definition) is 2. The van der Waals surface area contributed by atoms with Gasteiger partial charge in [0.2, 0.25) is 0 Å². The Hall–Kier alpha value is -1.07. The van der Waals surface area contributed by atoms with Gasteiger partial charge >= 0.3 is 47.3 Å². The first kappa shape index (κ1) is 63.9. The molecule has 0 aliphatic rings. The van der Waals surface area contributed by atoms with Crippen LogP contribution in [0.15, 0.2) is 0 Å². The molecule has 0 atom stereocenters. The lowest BCUT2D eigenvalue weighted by Crippen LogP contribution is -2.51. The number of nitrogens with one attached hydrogen (secondary N) is 2. The number of urea groups is 2. The molecule has 0 spiro atoms. The van der Waals surface area contributed by atoms with E-state index in [-0.39, 0.29) is 12.1 Å². The minimum Gasteiger partial charge on any atom is -0.374 e. The molecule has 0 aromatic carbocycles. The third-order valence-electron chi connectivity index (χ3n) is 10.0. The van der Waals surface area contributed by atoms with Gasteiger partial charge in [-0.2, -0.15) is 0 Å². The van der Waals surface area contributed by atoms with Crippen molar-refractivity contribution in [3.63, 3.8) is 0 Å². The highest BCUT2D eigenvalue weighted by atomic mass is 28.4. The number of carbonyl (C=O) groups excluding carboxylic acids is 2. The first-order valence-corrected chi connectivity index (χ1v) is 32.9. The van der Waals surface area contributed by atoms with Gasteiger partial charge in [-0.15, -0.1) is 0 Å². The predicted molar refractivity (Wildman–Crippen MR) is 264 cm³/mol. The zero-order valence-electron chi connectivity index (χ0n) is 43.1. The van der Waals surface area contributed by atoms with Crippen LogP contribution in [0.4, 0.5) is 9.59 Å². The van der Waals surface area contributed by atoms with Crippen molar-refractivity contribution in [1.82, 2.24) is 20.4 Å². The van der Waals surface area contributed by atoms with Crippen molar-refractivity contribution in [1.29, 1.82) is 0 Å². The van der Waals surface area contributed by atoms with Crippen LogP contribution in [0.25, 0.3) is 0 Å². The van der Waals surface area contributed by atoms with Crippen LogP contribution in [0.5, 0.6) is 0 Å². The monoisotopic (exact) mass is 1000 g/mol. The molecule has 2 N–H and O–H groups in total. The lowest BCUT2D eigenvalue weighted by atomic mass is 10.2. The summed E-state index contributed by atoms with van der Waals surface area (Å²) in [5, 5.41) is 6.30. The molecule has 0 saturated carbocycles. The Kier molecular flexibility index (Phi) is 39.1. The SMILES string of the molecule is CCO[Si](CCCN(CCC[Si](OCC)(OCC)OCC)C(=O)NCCCCCCNC(=O)N(CCC[Si](OCC)(OCC)OCC)CC[Si](OCC)(OCC)OCC)(OCC)OCC. The molecule has 0 aromatic heterocycles. The van der Waals surface area contributed by atoms with Crippen LogP contribution < -0.4 is 10.6 Å². The minimum atomic E-state index is -2.99. The van der Waals surface area contributed by atoms with Crippen molar-refractivity contribution in [3.05, 3.63) is 0 Å². The maximum absolute atomic E-state index is 13.7. The van der Waals surface area contributed by atoms with Gasteiger partial charge in [-0.05, 0) is 115 Å². The van der Waals surface area contributed by atoms with E-state index in [0.717, 1.165) is 25.7 Å². The Morgan fingerprint density at radius 2 is 0.523 bits per heavy atom. The quantitative estimate of drug-likeness (QED) is 0.0444. The topological polar surface area (TPSA) is 175 Å². The summed E-state index contributed by atoms with van der Waals surface area (Å²) in [7, 11) is -11.6. The Morgan fingerprint density at radius 1 is 0.308 bits per heavy atom. The lowest BCUT2D eigenvalue weighted by molar-refractivity contribution is 0.0666. The highest BCUT2D eigenvalue weighted by molar-refractivity contribution is 6.61. The third-order valence-corrected chi connectivity index (χ3v) is 22.5. The first-order valence-electron chi connectivity index (χ1n) is 25.1. The fourth-order valence-electron chi connectivity index (χ4n) is 7.58. The summed E-state index contributed by atoms with van der Waals surface area (Å²) in [4.78, 5) is 31.1. The van der Waals surface area contributed by atoms with E-state index in [9.17, 15) is 9.59 Å². The van der Waals surface area contributed by atoms with Crippen molar-refractivity contribution in [2.75, 3.05) is 119 Å². The zero-order valence-corrected chi connectivity index (χ0v) is 47.1. The maximum atomic E-state index is 13.7. The smallest absolute Gasteiger partial charge is 0.374 e. The van der Waals surface area contributed by atoms with E-state index in [2.05, 4.69) is 10.6 Å². The van der Waals surface area contributed by atoms with Gasteiger partial charge in [-0.3, -0.25) is 0 Å². The molecule has 0 radical (unpaired) electrons. The number of rotatable bonds is 46. The van der Waals surface area contributed by atoms with Crippen molar-refractivity contribution < 1.29 is 62.7 Å². The van der Waals surface area contributed by atoms with Crippen molar-refractivity contribution in [2.45, 2.75) is 152 Å². The molecule has 0 heterocycles. The van der Waals surface area contributed by atoms with Crippen LogP contribution in [0, 0.1) is 0 Å². The van der Waals surface area contributed by atoms with Crippen LogP contribution in [-0.4, -0.2) is 176 Å². The molecule has 0 fully saturated rings. The summed E-state index contributed by atoms with van der Waals surface area (Å²) in [6, 6.07) is 2.06. The molecule has 0 unspecified atom stereocenters. The number of nitrogens with zero attached hydrogens (tertiary/aromatic N) is 2. The zero-order chi connectivity index (χ0) is 48.7. The Morgan fingerprint density at radius 3 is 0.754 bits per heavy atom. The van der Waals surface area contributed by atoms with Crippen LogP contribution in [0.1, 0.15) is 128 Å². The lowest BCUT2D eigenvalue weighted by Gasteiger charge is -2.32. The third kappa shape index (κ3) is 27.1. The molecule has 18 nitrogen and oxygen atoms in total. The van der Waals surface area contributed by atoms with E-state index >= 15 is 0 Å². The fraction of sp³-hybridized carbons (Fsp3) is 0.953. The molecule has 4 amide bonds. The second kappa shape index (κ2) is 39.7. The fourth-order valence-corrected chi connectivity index (χ4v) is 17.9. The van der Waals surface area contributed by atoms with Crippen molar-refractivity contribution >= 4 is 47.3 Å². The minimum absolute atomic E-state index is 0.112. The number of hydrogen-bond acceptors (Lipinski definition) is 14. The van der Waals surface area contributed by atoms with E-state index in [1.54, 1.807) is 0 Å². The molecule has 0 aliphatic carbocycles. The molecule has 0 saturated heterocycles. The van der Waals surface area contributed by atoms with Gasteiger partial charge in [0.15, 0.2) is 0 Å². The number of carbonyl (C=O) groups is 2. The molecule has 0 rings (SSSR count). The predicted octanol–water partition coefficient (Wildman–Crippen LogP) is 7.93. The average molecular weight is 1010 g/mol. The highest BCUT2D eigenvalue weighted by Crippen LogP contribution is 2.23. The second-order valence-electron chi connectivity index (χ2n) is 14.8. The summed E-state index contributed by atoms with van der Waals surface area (Å²) in [5.74, 6) is 0. The van der Waals surface area contributed by atoms with Crippen LogP contribution in [-0.2, 0) is 53.1 Å². The second-order valence-corrected chi connectivity index (χ2v) is 25.8. The Balaban J connectivity index is 5.57. The van der Waals surface area contributed by atoms with Gasteiger partial charge < -0.3 is 73.5 Å². The maximum Gasteiger partial charge on any atom is 0.502 e. The van der Waals surface area contributed by atoms with E-state index in [1.165, 1.54) is 0 Å². The number of amides is 4. The Bertz CT molecular complexity index is 1060. The molecule has 0 aromatic rings. The van der Waals surface area contributed by atoms with Crippen LogP contribution in [0.3, 0.4) is 0 Å². The van der Waals surface area contributed by atoms with Gasteiger partial charge in [0, 0.05) is 143 Å². The largest absolute Gasteiger partial charge is 0.502 e. The average Bonchev–Trinajstić information content (AvgIpc) is 3.26. The van der Waals surface area contributed by atoms with Gasteiger partial charge in [0.25, 0.3) is 0 Å². The van der Waals surface area contributed by atoms with Crippen LogP contribution >= 0.6 is 0 Å². The highest BCUT2D eigenvalue weighted by Gasteiger charge is 2.43. The molecule has 388 valence electrons. The van der Waals surface area contributed by atoms with Crippen LogP contribution in [0.2, 0.25) is 24.2 Å². The van der Waals surface area contributed by atoms with Gasteiger partial charge in [-0.25, -0.2) is 9.59 Å². The van der Waals surface area contributed by atoms with Gasteiger partial charge in [0.05, 0.1) is 0 Å². The summed E-state index contributed by atoms with van der Waals surface area (Å²) >= 11 is 0. The normalized spacial score (nSPS) is 12.5. The van der Waals surface area contributed by atoms with E-state index in [4.69, 9.17) is 53.1 Å². The summed E-state index contributed by atoms with van der Waals surface area (Å²) in [6.07, 6.45) is 5.44. The van der Waals surface area contributed by atoms with Crippen molar-refractivity contribution in [3.8, 4) is 0 Å². The van der Waals surface area contributed by atoms with E-state index < -0.39 is 35.2 Å². The van der Waals surface area contributed by atoms with Gasteiger partial charge in [0.1, 0.15) is 0 Å². The molecule has 0 aliphatic heterocycles. The molecule has 0 bridgehead atoms. The standard InChI is InChI=1S/C43H96N4O14Si4/c1-13-50-62(51-14-2,52-15-3)38-29-34-46(35-30-39-63(53-16-4,54-17-5)55-18-6)42(48)44-32-27-25-26-28-33-45-43(49)47(37-41-65(59-22-10,60-23-11)61-24-12)36-31-40-64(56-19-7,57-20-8)58-21-9/h13-41H2,1-12H3,(H,44,48)(H,45,49). The first-order chi connectivity index (χ1) is 31.4. The molecule has 22 heteroatoms.